The fraction of sp³-hybridized carbons (Fsp3) is 0.625. The smallest absolute Gasteiger partial charge is 0.161 e. The zero-order valence-corrected chi connectivity index (χ0v) is 13.0. The summed E-state index contributed by atoms with van der Waals surface area (Å²) in [6.07, 6.45) is 0. The Morgan fingerprint density at radius 2 is 1.85 bits per heavy atom. The molecule has 0 bridgehead atoms. The van der Waals surface area contributed by atoms with Gasteiger partial charge in [0.15, 0.2) is 11.5 Å². The van der Waals surface area contributed by atoms with Gasteiger partial charge in [0, 0.05) is 25.2 Å². The predicted molar refractivity (Wildman–Crippen MR) is 81.6 cm³/mol. The molecular weight excluding hydrogens is 252 g/mol. The molecule has 0 saturated carbocycles. The highest BCUT2D eigenvalue weighted by molar-refractivity contribution is 5.44. The average molecular weight is 278 g/mol. The second-order valence-corrected chi connectivity index (χ2v) is 5.65. The molecule has 1 aliphatic heterocycles. The maximum Gasteiger partial charge on any atom is 0.161 e. The third-order valence-electron chi connectivity index (χ3n) is 3.86. The van der Waals surface area contributed by atoms with Gasteiger partial charge in [0.2, 0.25) is 0 Å². The predicted octanol–water partition coefficient (Wildman–Crippen LogP) is 2.45. The van der Waals surface area contributed by atoms with Crippen LogP contribution in [0.25, 0.3) is 0 Å². The molecule has 0 saturated heterocycles. The van der Waals surface area contributed by atoms with Crippen molar-refractivity contribution in [2.24, 2.45) is 0 Å². The summed E-state index contributed by atoms with van der Waals surface area (Å²) in [4.78, 5) is 2.34. The Morgan fingerprint density at radius 1 is 1.15 bits per heavy atom. The van der Waals surface area contributed by atoms with Crippen molar-refractivity contribution in [2.45, 2.75) is 32.9 Å². The second kappa shape index (κ2) is 6.95. The van der Waals surface area contributed by atoms with Crippen LogP contribution in [0.1, 0.15) is 32.4 Å². The number of likely N-dealkylation sites (N-methyl/N-ethyl adjacent to an activating group) is 1. The number of nitrogens with zero attached hydrogens (tertiary/aromatic N) is 1. The van der Waals surface area contributed by atoms with Gasteiger partial charge in [0.25, 0.3) is 0 Å². The van der Waals surface area contributed by atoms with Gasteiger partial charge in [-0.25, -0.2) is 0 Å². The number of benzene rings is 1. The molecular formula is C16H26N2O2. The summed E-state index contributed by atoms with van der Waals surface area (Å²) in [5.74, 6) is 1.72. The van der Waals surface area contributed by atoms with Crippen molar-refractivity contribution in [3.63, 3.8) is 0 Å². The van der Waals surface area contributed by atoms with Crippen LogP contribution in [0.5, 0.6) is 11.5 Å². The molecule has 112 valence electrons. The summed E-state index contributed by atoms with van der Waals surface area (Å²) in [6.45, 7) is 9.91. The van der Waals surface area contributed by atoms with E-state index in [-0.39, 0.29) is 0 Å². The van der Waals surface area contributed by atoms with E-state index in [4.69, 9.17) is 9.47 Å². The maximum atomic E-state index is 5.63. The summed E-state index contributed by atoms with van der Waals surface area (Å²) in [6, 6.07) is 7.09. The Kier molecular flexibility index (Phi) is 5.26. The number of rotatable bonds is 6. The number of hydrogen-bond donors (Lipinski definition) is 1. The van der Waals surface area contributed by atoms with Crippen LogP contribution in [0.2, 0.25) is 0 Å². The fourth-order valence-electron chi connectivity index (χ4n) is 2.16. The first-order valence-electron chi connectivity index (χ1n) is 7.41. The third kappa shape index (κ3) is 3.87. The molecule has 4 heteroatoms. The molecule has 0 aliphatic carbocycles. The quantitative estimate of drug-likeness (QED) is 0.866. The fourth-order valence-corrected chi connectivity index (χ4v) is 2.16. The van der Waals surface area contributed by atoms with E-state index in [1.54, 1.807) is 0 Å². The lowest BCUT2D eigenvalue weighted by atomic mass is 10.1. The number of hydrogen-bond acceptors (Lipinski definition) is 4. The summed E-state index contributed by atoms with van der Waals surface area (Å²) >= 11 is 0. The molecule has 0 fully saturated rings. The Morgan fingerprint density at radius 3 is 2.55 bits per heavy atom. The third-order valence-corrected chi connectivity index (χ3v) is 3.86. The summed E-state index contributed by atoms with van der Waals surface area (Å²) in [7, 11) is 2.15. The van der Waals surface area contributed by atoms with Crippen LogP contribution in [0.15, 0.2) is 18.2 Å². The Bertz CT molecular complexity index is 434. The topological polar surface area (TPSA) is 33.7 Å². The molecule has 2 rings (SSSR count). The monoisotopic (exact) mass is 278 g/mol. The Hall–Kier alpha value is -1.26. The van der Waals surface area contributed by atoms with Gasteiger partial charge in [-0.1, -0.05) is 6.07 Å². The van der Waals surface area contributed by atoms with Crippen LogP contribution in [0, 0.1) is 0 Å². The normalized spacial score (nSPS) is 15.7. The highest BCUT2D eigenvalue weighted by atomic mass is 16.6. The van der Waals surface area contributed by atoms with Crippen molar-refractivity contribution >= 4 is 0 Å². The molecule has 4 nitrogen and oxygen atoms in total. The van der Waals surface area contributed by atoms with Crippen LogP contribution in [0.4, 0.5) is 0 Å². The molecule has 1 aliphatic rings. The number of nitrogens with one attached hydrogen (secondary N) is 1. The highest BCUT2D eigenvalue weighted by Crippen LogP contribution is 2.32. The van der Waals surface area contributed by atoms with Crippen LogP contribution >= 0.6 is 0 Å². The molecule has 1 aromatic carbocycles. The first-order valence-corrected chi connectivity index (χ1v) is 7.41. The lowest BCUT2D eigenvalue weighted by Crippen LogP contribution is -2.34. The molecule has 1 unspecified atom stereocenters. The molecule has 0 amide bonds. The molecule has 0 spiro atoms. The van der Waals surface area contributed by atoms with Crippen molar-refractivity contribution in [1.82, 2.24) is 10.2 Å². The van der Waals surface area contributed by atoms with Gasteiger partial charge < -0.3 is 19.7 Å². The van der Waals surface area contributed by atoms with E-state index in [1.165, 1.54) is 5.56 Å². The van der Waals surface area contributed by atoms with Gasteiger partial charge in [-0.05, 0) is 45.5 Å². The molecule has 0 radical (unpaired) electrons. The van der Waals surface area contributed by atoms with E-state index in [1.807, 2.05) is 6.07 Å². The Labute approximate surface area is 122 Å². The van der Waals surface area contributed by atoms with Gasteiger partial charge in [-0.2, -0.15) is 0 Å². The zero-order valence-electron chi connectivity index (χ0n) is 13.0. The van der Waals surface area contributed by atoms with Crippen molar-refractivity contribution < 1.29 is 9.47 Å². The number of fused-ring (bicyclic) bond motifs is 1. The number of ether oxygens (including phenoxy) is 2. The molecule has 1 N–H and O–H groups in total. The van der Waals surface area contributed by atoms with Gasteiger partial charge in [-0.15, -0.1) is 0 Å². The highest BCUT2D eigenvalue weighted by Gasteiger charge is 2.14. The first kappa shape index (κ1) is 15.1. The van der Waals surface area contributed by atoms with Crippen molar-refractivity contribution in [3.8, 4) is 11.5 Å². The van der Waals surface area contributed by atoms with Crippen LogP contribution in [0.3, 0.4) is 0 Å². The van der Waals surface area contributed by atoms with E-state index in [0.29, 0.717) is 25.3 Å². The van der Waals surface area contributed by atoms with Gasteiger partial charge >= 0.3 is 0 Å². The SMILES string of the molecule is CC(NCCN(C)C(C)C)c1ccc2c(c1)OCCO2. The van der Waals surface area contributed by atoms with E-state index >= 15 is 0 Å². The first-order chi connectivity index (χ1) is 9.58. The lowest BCUT2D eigenvalue weighted by molar-refractivity contribution is 0.171. The van der Waals surface area contributed by atoms with Gasteiger partial charge in [-0.3, -0.25) is 0 Å². The van der Waals surface area contributed by atoms with E-state index in [0.717, 1.165) is 24.6 Å². The average Bonchev–Trinajstić information content (AvgIpc) is 2.46. The van der Waals surface area contributed by atoms with Crippen LogP contribution in [-0.4, -0.2) is 44.3 Å². The zero-order chi connectivity index (χ0) is 14.5. The summed E-state index contributed by atoms with van der Waals surface area (Å²) in [5, 5.41) is 3.55. The molecule has 1 atom stereocenters. The standard InChI is InChI=1S/C16H26N2O2/c1-12(2)18(4)8-7-17-13(3)14-5-6-15-16(11-14)20-10-9-19-15/h5-6,11-13,17H,7-10H2,1-4H3. The lowest BCUT2D eigenvalue weighted by Gasteiger charge is -2.23. The molecule has 0 aromatic heterocycles. The minimum atomic E-state index is 0.311. The van der Waals surface area contributed by atoms with Crippen molar-refractivity contribution in [3.05, 3.63) is 23.8 Å². The van der Waals surface area contributed by atoms with E-state index in [9.17, 15) is 0 Å². The summed E-state index contributed by atoms with van der Waals surface area (Å²) < 4.78 is 11.2. The molecule has 1 aromatic rings. The summed E-state index contributed by atoms with van der Waals surface area (Å²) in [5.41, 5.74) is 1.24. The van der Waals surface area contributed by atoms with Crippen LogP contribution in [-0.2, 0) is 0 Å². The maximum absolute atomic E-state index is 5.63. The minimum Gasteiger partial charge on any atom is -0.486 e. The van der Waals surface area contributed by atoms with Crippen molar-refractivity contribution in [2.75, 3.05) is 33.4 Å². The van der Waals surface area contributed by atoms with Crippen molar-refractivity contribution in [1.29, 1.82) is 0 Å². The van der Waals surface area contributed by atoms with Gasteiger partial charge in [0.1, 0.15) is 13.2 Å². The minimum absolute atomic E-state index is 0.311. The van der Waals surface area contributed by atoms with Crippen LogP contribution < -0.4 is 14.8 Å². The molecule has 20 heavy (non-hydrogen) atoms. The Balaban J connectivity index is 1.87. The largest absolute Gasteiger partial charge is 0.486 e. The van der Waals surface area contributed by atoms with E-state index < -0.39 is 0 Å². The second-order valence-electron chi connectivity index (χ2n) is 5.65. The molecule has 1 heterocycles. The van der Waals surface area contributed by atoms with E-state index in [2.05, 4.69) is 50.2 Å². The van der Waals surface area contributed by atoms with Gasteiger partial charge in [0.05, 0.1) is 0 Å².